The molecule has 2 heteroatoms. The first-order valence-electron chi connectivity index (χ1n) is 8.30. The van der Waals surface area contributed by atoms with E-state index in [0.717, 1.165) is 45.5 Å². The summed E-state index contributed by atoms with van der Waals surface area (Å²) >= 11 is 2.73. The smallest absolute Gasteiger partial charge is 0.0153 e. The van der Waals surface area contributed by atoms with Gasteiger partial charge < -0.3 is 5.32 Å². The van der Waals surface area contributed by atoms with Gasteiger partial charge in [-0.25, -0.2) is 0 Å². The lowest BCUT2D eigenvalue weighted by Gasteiger charge is -2.30. The number of halogens is 1. The zero-order valence-corrected chi connectivity index (χ0v) is 15.5. The Hall–Kier alpha value is 0.690. The Kier molecular flexibility index (Phi) is 5.61. The molecule has 0 aromatic heterocycles. The van der Waals surface area contributed by atoms with Gasteiger partial charge in [0.15, 0.2) is 0 Å². The third-order valence-electron chi connectivity index (χ3n) is 5.93. The second-order valence-electron chi connectivity index (χ2n) is 7.35. The molecule has 1 N–H and O–H groups in total. The van der Waals surface area contributed by atoms with Crippen molar-refractivity contribution in [1.29, 1.82) is 0 Å². The van der Waals surface area contributed by atoms with E-state index >= 15 is 0 Å². The summed E-state index contributed by atoms with van der Waals surface area (Å²) in [7, 11) is 2.16. The molecule has 0 radical (unpaired) electrons. The lowest BCUT2D eigenvalue weighted by atomic mass is 9.87. The van der Waals surface area contributed by atoms with E-state index in [9.17, 15) is 0 Å². The van der Waals surface area contributed by atoms with Crippen molar-refractivity contribution in [3.8, 4) is 0 Å². The third-order valence-corrected chi connectivity index (χ3v) is 7.58. The molecule has 2 saturated carbocycles. The van der Waals surface area contributed by atoms with Gasteiger partial charge >= 0.3 is 0 Å². The van der Waals surface area contributed by atoms with Crippen molar-refractivity contribution in [3.63, 3.8) is 0 Å². The van der Waals surface area contributed by atoms with E-state index in [-0.39, 0.29) is 0 Å². The van der Waals surface area contributed by atoms with Crippen LogP contribution >= 0.6 is 22.6 Å². The van der Waals surface area contributed by atoms with Gasteiger partial charge in [-0.15, -0.1) is 0 Å². The first kappa shape index (κ1) is 16.1. The molecule has 0 amide bonds. The molecule has 8 atom stereocenters. The maximum absolute atomic E-state index is 3.61. The van der Waals surface area contributed by atoms with Crippen LogP contribution in [0.15, 0.2) is 0 Å². The van der Waals surface area contributed by atoms with Crippen LogP contribution in [0.2, 0.25) is 0 Å². The van der Waals surface area contributed by atoms with Crippen molar-refractivity contribution >= 4 is 22.6 Å². The van der Waals surface area contributed by atoms with Crippen LogP contribution in [0.1, 0.15) is 53.4 Å². The summed E-state index contributed by atoms with van der Waals surface area (Å²) in [5, 5.41) is 3.61. The van der Waals surface area contributed by atoms with Gasteiger partial charge in [0.05, 0.1) is 0 Å². The number of alkyl halides is 1. The summed E-state index contributed by atoms with van der Waals surface area (Å²) in [4.78, 5) is 0. The Labute approximate surface area is 133 Å². The fourth-order valence-corrected chi connectivity index (χ4v) is 5.37. The van der Waals surface area contributed by atoms with Gasteiger partial charge in [0.25, 0.3) is 0 Å². The molecular weight excluding hydrogens is 345 g/mol. The molecule has 0 aliphatic heterocycles. The Balaban J connectivity index is 1.79. The van der Waals surface area contributed by atoms with Gasteiger partial charge in [-0.3, -0.25) is 0 Å². The summed E-state index contributed by atoms with van der Waals surface area (Å²) in [6.45, 7) is 9.72. The van der Waals surface area contributed by atoms with Crippen molar-refractivity contribution in [2.24, 2.45) is 35.5 Å². The molecule has 2 aliphatic carbocycles. The van der Waals surface area contributed by atoms with Crippen LogP contribution in [0.4, 0.5) is 0 Å². The number of hydrogen-bond donors (Lipinski definition) is 1. The normalized spacial score (nSPS) is 39.5. The molecule has 0 heterocycles. The Bertz CT molecular complexity index is 293. The fourth-order valence-electron chi connectivity index (χ4n) is 4.13. The molecular formula is C17H32IN. The molecule has 3 unspecified atom stereocenters. The molecule has 0 bridgehead atoms. The minimum atomic E-state index is 0.741. The molecule has 0 aromatic rings. The predicted molar refractivity (Wildman–Crippen MR) is 92.8 cm³/mol. The van der Waals surface area contributed by atoms with E-state index < -0.39 is 0 Å². The second-order valence-corrected chi connectivity index (χ2v) is 8.95. The molecule has 1 nitrogen and oxygen atoms in total. The highest BCUT2D eigenvalue weighted by Gasteiger charge is 2.44. The van der Waals surface area contributed by atoms with Crippen LogP contribution in [-0.2, 0) is 0 Å². The van der Waals surface area contributed by atoms with Gasteiger partial charge in [0.2, 0.25) is 0 Å². The van der Waals surface area contributed by atoms with Gasteiger partial charge in [-0.2, -0.15) is 0 Å². The molecule has 112 valence electrons. The van der Waals surface area contributed by atoms with Crippen molar-refractivity contribution in [3.05, 3.63) is 0 Å². The summed E-state index contributed by atoms with van der Waals surface area (Å²) in [6.07, 6.45) is 5.76. The topological polar surface area (TPSA) is 12.0 Å². The van der Waals surface area contributed by atoms with E-state index in [2.05, 4.69) is 62.7 Å². The first-order valence-corrected chi connectivity index (χ1v) is 9.55. The van der Waals surface area contributed by atoms with Gasteiger partial charge in [-0.05, 0) is 61.8 Å². The minimum absolute atomic E-state index is 0.741. The molecule has 0 aromatic carbocycles. The van der Waals surface area contributed by atoms with Crippen LogP contribution in [0.3, 0.4) is 0 Å². The molecule has 0 saturated heterocycles. The number of nitrogens with one attached hydrogen (secondary N) is 1. The van der Waals surface area contributed by atoms with E-state index in [1.165, 1.54) is 25.7 Å². The average molecular weight is 377 g/mol. The van der Waals surface area contributed by atoms with Crippen molar-refractivity contribution in [2.45, 2.75) is 63.3 Å². The fraction of sp³-hybridized carbons (Fsp3) is 1.00. The highest BCUT2D eigenvalue weighted by Crippen LogP contribution is 2.49. The molecule has 0 spiro atoms. The van der Waals surface area contributed by atoms with Crippen LogP contribution in [0.5, 0.6) is 0 Å². The lowest BCUT2D eigenvalue weighted by Crippen LogP contribution is -2.39. The highest BCUT2D eigenvalue weighted by molar-refractivity contribution is 14.1. The van der Waals surface area contributed by atoms with Crippen LogP contribution in [-0.4, -0.2) is 17.0 Å². The van der Waals surface area contributed by atoms with Crippen LogP contribution < -0.4 is 5.32 Å². The summed E-state index contributed by atoms with van der Waals surface area (Å²) < 4.78 is 0.830. The molecule has 19 heavy (non-hydrogen) atoms. The lowest BCUT2D eigenvalue weighted by molar-refractivity contribution is 0.315. The average Bonchev–Trinajstić information content (AvgIpc) is 3.27. The van der Waals surface area contributed by atoms with Crippen LogP contribution in [0.25, 0.3) is 0 Å². The molecule has 2 fully saturated rings. The van der Waals surface area contributed by atoms with Crippen molar-refractivity contribution in [1.82, 2.24) is 5.32 Å². The largest absolute Gasteiger partial charge is 0.316 e. The summed E-state index contributed by atoms with van der Waals surface area (Å²) in [6, 6.07) is 0.741. The molecule has 2 aliphatic rings. The third kappa shape index (κ3) is 3.87. The Morgan fingerprint density at radius 1 is 1.21 bits per heavy atom. The van der Waals surface area contributed by atoms with E-state index in [1.807, 2.05) is 0 Å². The summed E-state index contributed by atoms with van der Waals surface area (Å²) in [5.41, 5.74) is 0. The van der Waals surface area contributed by atoms with Crippen molar-refractivity contribution in [2.75, 3.05) is 7.05 Å². The Morgan fingerprint density at radius 3 is 2.26 bits per heavy atom. The maximum atomic E-state index is 3.61. The number of hydrogen-bond acceptors (Lipinski definition) is 1. The standard InChI is InChI=1S/C17H32IN/c1-6-13-9-14(13)11(3)8-16(18)12(4)17(19-5)15-7-10(15)2/h10-17,19H,6-9H2,1-5H3/t10-,11-,12-,13-,14?,15?,16-,17?/m1/s1. The number of rotatable bonds is 8. The predicted octanol–water partition coefficient (Wildman–Crippen LogP) is 4.74. The van der Waals surface area contributed by atoms with E-state index in [1.54, 1.807) is 0 Å². The monoisotopic (exact) mass is 377 g/mol. The summed E-state index contributed by atoms with van der Waals surface area (Å²) in [5.74, 6) is 5.73. The highest BCUT2D eigenvalue weighted by atomic mass is 127. The maximum Gasteiger partial charge on any atom is 0.0153 e. The van der Waals surface area contributed by atoms with Gasteiger partial charge in [-0.1, -0.05) is 56.7 Å². The molecule has 2 rings (SSSR count). The first-order chi connectivity index (χ1) is 8.99. The minimum Gasteiger partial charge on any atom is -0.316 e. The van der Waals surface area contributed by atoms with Gasteiger partial charge in [0, 0.05) is 9.97 Å². The zero-order valence-electron chi connectivity index (χ0n) is 13.3. The zero-order chi connectivity index (χ0) is 14.2. The van der Waals surface area contributed by atoms with Crippen molar-refractivity contribution < 1.29 is 0 Å². The Morgan fingerprint density at radius 2 is 1.84 bits per heavy atom. The SMILES string of the molecule is CC[C@@H]1CC1[C@H](C)C[C@@H](I)[C@@H](C)C(NC)C1C[C@H]1C. The van der Waals surface area contributed by atoms with E-state index in [4.69, 9.17) is 0 Å². The second kappa shape index (κ2) is 6.64. The van der Waals surface area contributed by atoms with E-state index in [0.29, 0.717) is 0 Å². The van der Waals surface area contributed by atoms with Crippen LogP contribution in [0, 0.1) is 35.5 Å². The van der Waals surface area contributed by atoms with Gasteiger partial charge in [0.1, 0.15) is 0 Å². The quantitative estimate of drug-likeness (QED) is 0.476.